The summed E-state index contributed by atoms with van der Waals surface area (Å²) in [4.78, 5) is 8.65. The van der Waals surface area contributed by atoms with Crippen molar-refractivity contribution in [3.8, 4) is 22.8 Å². The van der Waals surface area contributed by atoms with Crippen LogP contribution < -0.4 is 0 Å². The minimum atomic E-state index is 0.461. The number of nitrogens with zero attached hydrogens (tertiary/aromatic N) is 6. The summed E-state index contributed by atoms with van der Waals surface area (Å²) in [6.45, 7) is 4.36. The molecule has 1 saturated carbocycles. The maximum absolute atomic E-state index is 5.48. The largest absolute Gasteiger partial charge is 0.338 e. The van der Waals surface area contributed by atoms with E-state index in [0.717, 1.165) is 34.9 Å². The Morgan fingerprint density at radius 1 is 1.03 bits per heavy atom. The maximum atomic E-state index is 5.48. The first-order chi connectivity index (χ1) is 14.7. The molecule has 1 aromatic carbocycles. The number of aromatic nitrogens is 6. The van der Waals surface area contributed by atoms with Gasteiger partial charge in [0.05, 0.1) is 5.75 Å². The third-order valence-corrected chi connectivity index (χ3v) is 6.07. The number of hydrogen-bond acceptors (Lipinski definition) is 7. The Bertz CT molecular complexity index is 1130. The summed E-state index contributed by atoms with van der Waals surface area (Å²) >= 11 is 1.58. The van der Waals surface area contributed by atoms with Crippen molar-refractivity contribution in [1.29, 1.82) is 0 Å². The van der Waals surface area contributed by atoms with Gasteiger partial charge in [0.25, 0.3) is 0 Å². The highest BCUT2D eigenvalue weighted by atomic mass is 32.2. The summed E-state index contributed by atoms with van der Waals surface area (Å²) in [6, 6.07) is 12.7. The Balaban J connectivity index is 1.32. The fraction of sp³-hybridized carbons (Fsp3) is 0.318. The molecule has 0 unspecified atom stereocenters. The van der Waals surface area contributed by atoms with Crippen LogP contribution in [-0.2, 0) is 5.75 Å². The van der Waals surface area contributed by atoms with Crippen molar-refractivity contribution < 1.29 is 4.52 Å². The van der Waals surface area contributed by atoms with Crippen molar-refractivity contribution in [2.24, 2.45) is 0 Å². The van der Waals surface area contributed by atoms with Crippen LogP contribution in [0.25, 0.3) is 22.8 Å². The Morgan fingerprint density at radius 3 is 2.50 bits per heavy atom. The van der Waals surface area contributed by atoms with Crippen LogP contribution in [0.1, 0.15) is 50.1 Å². The van der Waals surface area contributed by atoms with E-state index in [1.165, 1.54) is 5.56 Å². The van der Waals surface area contributed by atoms with Crippen molar-refractivity contribution in [2.45, 2.75) is 49.6 Å². The fourth-order valence-corrected chi connectivity index (χ4v) is 4.15. The molecule has 0 radical (unpaired) electrons. The predicted octanol–water partition coefficient (Wildman–Crippen LogP) is 5.14. The minimum absolute atomic E-state index is 0.461. The van der Waals surface area contributed by atoms with Gasteiger partial charge in [-0.2, -0.15) is 4.98 Å². The van der Waals surface area contributed by atoms with E-state index in [1.807, 2.05) is 24.3 Å². The molecule has 0 bridgehead atoms. The lowest BCUT2D eigenvalue weighted by Gasteiger charge is -2.07. The van der Waals surface area contributed by atoms with Crippen LogP contribution in [0.2, 0.25) is 0 Å². The second-order valence-electron chi connectivity index (χ2n) is 7.72. The van der Waals surface area contributed by atoms with Gasteiger partial charge in [0, 0.05) is 29.6 Å². The molecular weight excluding hydrogens is 396 g/mol. The first kappa shape index (κ1) is 19.0. The molecule has 1 aliphatic rings. The van der Waals surface area contributed by atoms with Crippen molar-refractivity contribution in [1.82, 2.24) is 29.9 Å². The number of hydrogen-bond donors (Lipinski definition) is 0. The van der Waals surface area contributed by atoms with Crippen LogP contribution in [0.15, 0.2) is 58.5 Å². The van der Waals surface area contributed by atoms with E-state index in [-0.39, 0.29) is 0 Å². The number of benzene rings is 1. The Kier molecular flexibility index (Phi) is 5.08. The fourth-order valence-electron chi connectivity index (χ4n) is 3.31. The molecule has 0 amide bonds. The van der Waals surface area contributed by atoms with Gasteiger partial charge in [0.2, 0.25) is 11.7 Å². The highest BCUT2D eigenvalue weighted by Gasteiger charge is 2.30. The van der Waals surface area contributed by atoms with Gasteiger partial charge in [-0.05, 0) is 36.5 Å². The van der Waals surface area contributed by atoms with Crippen LogP contribution in [0.4, 0.5) is 0 Å². The molecule has 0 atom stereocenters. The monoisotopic (exact) mass is 418 g/mol. The number of thioether (sulfide) groups is 1. The summed E-state index contributed by atoms with van der Waals surface area (Å²) in [5, 5.41) is 13.9. The first-order valence-corrected chi connectivity index (χ1v) is 11.1. The first-order valence-electron chi connectivity index (χ1n) is 10.1. The zero-order valence-electron chi connectivity index (χ0n) is 16.9. The number of rotatable bonds is 7. The zero-order chi connectivity index (χ0) is 20.5. The molecule has 0 aliphatic heterocycles. The SMILES string of the molecule is CC(C)c1ccc(-c2noc(CSc3nnc(-c4ccncc4)n3C3CC3)n2)cc1. The smallest absolute Gasteiger partial charge is 0.237 e. The van der Waals surface area contributed by atoms with Crippen molar-refractivity contribution in [3.05, 3.63) is 60.2 Å². The molecular formula is C22H22N6OS. The minimum Gasteiger partial charge on any atom is -0.338 e. The molecule has 1 aliphatic carbocycles. The molecule has 3 heterocycles. The summed E-state index contributed by atoms with van der Waals surface area (Å²) in [5.74, 6) is 3.13. The molecule has 1 fully saturated rings. The molecule has 0 N–H and O–H groups in total. The highest BCUT2D eigenvalue weighted by Crippen LogP contribution is 2.41. The van der Waals surface area contributed by atoms with Gasteiger partial charge in [0.1, 0.15) is 0 Å². The molecule has 5 rings (SSSR count). The van der Waals surface area contributed by atoms with Gasteiger partial charge in [-0.1, -0.05) is 55.0 Å². The average Bonchev–Trinajstić information content (AvgIpc) is 3.34. The predicted molar refractivity (Wildman–Crippen MR) is 115 cm³/mol. The molecule has 8 heteroatoms. The second kappa shape index (κ2) is 8.02. The summed E-state index contributed by atoms with van der Waals surface area (Å²) in [5.41, 5.74) is 3.28. The Hall–Kier alpha value is -3.00. The van der Waals surface area contributed by atoms with Gasteiger partial charge in [-0.15, -0.1) is 10.2 Å². The summed E-state index contributed by atoms with van der Waals surface area (Å²) in [6.07, 6.45) is 5.87. The van der Waals surface area contributed by atoms with Crippen molar-refractivity contribution >= 4 is 11.8 Å². The zero-order valence-corrected chi connectivity index (χ0v) is 17.7. The highest BCUT2D eigenvalue weighted by molar-refractivity contribution is 7.98. The van der Waals surface area contributed by atoms with Gasteiger partial charge >= 0.3 is 0 Å². The molecule has 30 heavy (non-hydrogen) atoms. The van der Waals surface area contributed by atoms with E-state index in [0.29, 0.717) is 29.4 Å². The standard InChI is InChI=1S/C22H22N6OS/c1-14(2)15-3-5-16(6-4-15)20-24-19(29-27-20)13-30-22-26-25-21(28(22)18-7-8-18)17-9-11-23-12-10-17/h3-6,9-12,14,18H,7-8,13H2,1-2H3. The van der Waals surface area contributed by atoms with Gasteiger partial charge in [0.15, 0.2) is 11.0 Å². The molecule has 0 saturated heterocycles. The van der Waals surface area contributed by atoms with Gasteiger partial charge in [-0.25, -0.2) is 0 Å². The topological polar surface area (TPSA) is 82.5 Å². The van der Waals surface area contributed by atoms with Crippen LogP contribution in [0.5, 0.6) is 0 Å². The Morgan fingerprint density at radius 2 is 1.80 bits per heavy atom. The van der Waals surface area contributed by atoms with Crippen LogP contribution in [0.3, 0.4) is 0 Å². The molecule has 152 valence electrons. The van der Waals surface area contributed by atoms with E-state index in [2.05, 4.69) is 55.9 Å². The summed E-state index contributed by atoms with van der Waals surface area (Å²) in [7, 11) is 0. The Labute approximate surface area is 179 Å². The second-order valence-corrected chi connectivity index (χ2v) is 8.66. The van der Waals surface area contributed by atoms with E-state index < -0.39 is 0 Å². The normalized spacial score (nSPS) is 13.8. The average molecular weight is 419 g/mol. The van der Waals surface area contributed by atoms with E-state index in [1.54, 1.807) is 24.2 Å². The van der Waals surface area contributed by atoms with Crippen LogP contribution in [-0.4, -0.2) is 29.9 Å². The maximum Gasteiger partial charge on any atom is 0.237 e. The van der Waals surface area contributed by atoms with E-state index in [4.69, 9.17) is 4.52 Å². The van der Waals surface area contributed by atoms with Crippen LogP contribution >= 0.6 is 11.8 Å². The quantitative estimate of drug-likeness (QED) is 0.384. The lowest BCUT2D eigenvalue weighted by molar-refractivity contribution is 0.391. The lowest BCUT2D eigenvalue weighted by atomic mass is 10.0. The molecule has 4 aromatic rings. The number of pyridine rings is 1. The summed E-state index contributed by atoms with van der Waals surface area (Å²) < 4.78 is 7.70. The molecule has 0 spiro atoms. The molecule has 3 aromatic heterocycles. The van der Waals surface area contributed by atoms with Gasteiger partial charge in [-0.3, -0.25) is 9.55 Å². The third kappa shape index (κ3) is 3.87. The van der Waals surface area contributed by atoms with E-state index in [9.17, 15) is 0 Å². The van der Waals surface area contributed by atoms with E-state index >= 15 is 0 Å². The van der Waals surface area contributed by atoms with Crippen LogP contribution in [0, 0.1) is 0 Å². The van der Waals surface area contributed by atoms with Gasteiger partial charge < -0.3 is 4.52 Å². The third-order valence-electron chi connectivity index (χ3n) is 5.14. The lowest BCUT2D eigenvalue weighted by Crippen LogP contribution is -2.00. The van der Waals surface area contributed by atoms with Crippen molar-refractivity contribution in [3.63, 3.8) is 0 Å². The van der Waals surface area contributed by atoms with Crippen molar-refractivity contribution in [2.75, 3.05) is 0 Å². The molecule has 7 nitrogen and oxygen atoms in total.